The van der Waals surface area contributed by atoms with Crippen molar-refractivity contribution < 1.29 is 23.8 Å². The highest BCUT2D eigenvalue weighted by atomic mass is 16.5. The van der Waals surface area contributed by atoms with Crippen LogP contribution in [-0.4, -0.2) is 33.2 Å². The molecular formula is C18H19NO5. The van der Waals surface area contributed by atoms with E-state index in [-0.39, 0.29) is 12.3 Å². The van der Waals surface area contributed by atoms with E-state index in [9.17, 15) is 9.59 Å². The van der Waals surface area contributed by atoms with Crippen LogP contribution in [0.5, 0.6) is 11.5 Å². The van der Waals surface area contributed by atoms with Crippen LogP contribution in [0.4, 0.5) is 5.69 Å². The summed E-state index contributed by atoms with van der Waals surface area (Å²) in [4.78, 5) is 24.0. The quantitative estimate of drug-likeness (QED) is 0.825. The molecule has 0 saturated carbocycles. The molecule has 0 aromatic heterocycles. The molecule has 0 aliphatic rings. The fraction of sp³-hybridized carbons (Fsp3) is 0.222. The molecule has 1 amide bonds. The second kappa shape index (κ2) is 8.01. The normalized spacial score (nSPS) is 9.96. The Morgan fingerprint density at radius 3 is 2.33 bits per heavy atom. The van der Waals surface area contributed by atoms with Crippen LogP contribution in [0.3, 0.4) is 0 Å². The number of hydrogen-bond donors (Lipinski definition) is 1. The molecular weight excluding hydrogens is 310 g/mol. The Balaban J connectivity index is 2.13. The van der Waals surface area contributed by atoms with Crippen molar-refractivity contribution >= 4 is 17.6 Å². The number of rotatable bonds is 6. The van der Waals surface area contributed by atoms with Crippen molar-refractivity contribution in [1.82, 2.24) is 0 Å². The van der Waals surface area contributed by atoms with Gasteiger partial charge in [-0.15, -0.1) is 0 Å². The van der Waals surface area contributed by atoms with Crippen molar-refractivity contribution in [2.45, 2.75) is 6.42 Å². The minimum atomic E-state index is -0.503. The van der Waals surface area contributed by atoms with E-state index in [1.165, 1.54) is 14.2 Å². The maximum Gasteiger partial charge on any atom is 0.339 e. The van der Waals surface area contributed by atoms with Gasteiger partial charge in [-0.1, -0.05) is 18.2 Å². The highest BCUT2D eigenvalue weighted by molar-refractivity contribution is 6.01. The van der Waals surface area contributed by atoms with E-state index in [1.54, 1.807) is 49.6 Å². The van der Waals surface area contributed by atoms with E-state index in [4.69, 9.17) is 14.2 Å². The van der Waals surface area contributed by atoms with Crippen molar-refractivity contribution in [3.8, 4) is 11.5 Å². The van der Waals surface area contributed by atoms with Gasteiger partial charge in [-0.25, -0.2) is 4.79 Å². The number of carbonyl (C=O) groups excluding carboxylic acids is 2. The molecule has 2 rings (SSSR count). The van der Waals surface area contributed by atoms with Crippen LogP contribution in [0.15, 0.2) is 42.5 Å². The number of ether oxygens (including phenoxy) is 3. The number of methoxy groups -OCH3 is 3. The van der Waals surface area contributed by atoms with Crippen molar-refractivity contribution in [1.29, 1.82) is 0 Å². The van der Waals surface area contributed by atoms with Crippen LogP contribution in [-0.2, 0) is 16.0 Å². The minimum Gasteiger partial charge on any atom is -0.493 e. The molecule has 0 aliphatic carbocycles. The first-order valence-corrected chi connectivity index (χ1v) is 7.27. The largest absolute Gasteiger partial charge is 0.493 e. The lowest BCUT2D eigenvalue weighted by molar-refractivity contribution is -0.115. The van der Waals surface area contributed by atoms with E-state index in [0.29, 0.717) is 22.7 Å². The zero-order chi connectivity index (χ0) is 17.5. The number of hydrogen-bond acceptors (Lipinski definition) is 5. The van der Waals surface area contributed by atoms with E-state index in [1.807, 2.05) is 0 Å². The van der Waals surface area contributed by atoms with Gasteiger partial charge in [0.05, 0.1) is 39.0 Å². The summed E-state index contributed by atoms with van der Waals surface area (Å²) in [5.41, 5.74) is 1.48. The summed E-state index contributed by atoms with van der Waals surface area (Å²) in [6.07, 6.45) is 0.135. The van der Waals surface area contributed by atoms with Crippen LogP contribution in [0.2, 0.25) is 0 Å². The third-order valence-corrected chi connectivity index (χ3v) is 3.42. The van der Waals surface area contributed by atoms with Crippen molar-refractivity contribution in [2.75, 3.05) is 26.6 Å². The second-order valence-electron chi connectivity index (χ2n) is 4.95. The zero-order valence-corrected chi connectivity index (χ0v) is 13.8. The highest BCUT2D eigenvalue weighted by Crippen LogP contribution is 2.27. The monoisotopic (exact) mass is 329 g/mol. The van der Waals surface area contributed by atoms with Crippen molar-refractivity contribution in [3.05, 3.63) is 53.6 Å². The maximum absolute atomic E-state index is 12.3. The predicted molar refractivity (Wildman–Crippen MR) is 89.7 cm³/mol. The molecule has 0 radical (unpaired) electrons. The fourth-order valence-corrected chi connectivity index (χ4v) is 2.25. The Morgan fingerprint density at radius 1 is 0.958 bits per heavy atom. The first-order chi connectivity index (χ1) is 11.6. The molecule has 6 heteroatoms. The Bertz CT molecular complexity index is 742. The minimum absolute atomic E-state index is 0.135. The number of nitrogens with one attached hydrogen (secondary N) is 1. The molecule has 0 atom stereocenters. The van der Waals surface area contributed by atoms with E-state index < -0.39 is 5.97 Å². The lowest BCUT2D eigenvalue weighted by Crippen LogP contribution is -2.17. The Labute approximate surface area is 140 Å². The summed E-state index contributed by atoms with van der Waals surface area (Å²) in [6, 6.07) is 12.0. The van der Waals surface area contributed by atoms with Crippen LogP contribution >= 0.6 is 0 Å². The van der Waals surface area contributed by atoms with Gasteiger partial charge in [0.1, 0.15) is 0 Å². The van der Waals surface area contributed by atoms with Gasteiger partial charge in [-0.05, 0) is 29.8 Å². The molecule has 0 aliphatic heterocycles. The number of anilines is 1. The van der Waals surface area contributed by atoms with Crippen LogP contribution in [0.25, 0.3) is 0 Å². The molecule has 2 aromatic carbocycles. The van der Waals surface area contributed by atoms with Crippen LogP contribution < -0.4 is 14.8 Å². The number of amides is 1. The molecule has 0 saturated heterocycles. The first kappa shape index (κ1) is 17.3. The molecule has 0 fully saturated rings. The van der Waals surface area contributed by atoms with Gasteiger partial charge < -0.3 is 19.5 Å². The van der Waals surface area contributed by atoms with Crippen molar-refractivity contribution in [2.24, 2.45) is 0 Å². The van der Waals surface area contributed by atoms with Crippen LogP contribution in [0, 0.1) is 0 Å². The number of benzene rings is 2. The molecule has 6 nitrogen and oxygen atoms in total. The predicted octanol–water partition coefficient (Wildman–Crippen LogP) is 2.67. The first-order valence-electron chi connectivity index (χ1n) is 7.27. The summed E-state index contributed by atoms with van der Waals surface area (Å²) in [5, 5.41) is 2.73. The second-order valence-corrected chi connectivity index (χ2v) is 4.95. The third-order valence-electron chi connectivity index (χ3n) is 3.42. The lowest BCUT2D eigenvalue weighted by Gasteiger charge is -2.11. The van der Waals surface area contributed by atoms with Crippen LogP contribution in [0.1, 0.15) is 15.9 Å². The molecule has 0 bridgehead atoms. The summed E-state index contributed by atoms with van der Waals surface area (Å²) in [5.74, 6) is 0.394. The zero-order valence-electron chi connectivity index (χ0n) is 13.8. The maximum atomic E-state index is 12.3. The van der Waals surface area contributed by atoms with Gasteiger partial charge in [-0.2, -0.15) is 0 Å². The molecule has 0 unspecified atom stereocenters. The summed E-state index contributed by atoms with van der Waals surface area (Å²) >= 11 is 0. The molecule has 2 aromatic rings. The van der Waals surface area contributed by atoms with Gasteiger partial charge in [0.15, 0.2) is 11.5 Å². The molecule has 0 heterocycles. The molecule has 1 N–H and O–H groups in total. The lowest BCUT2D eigenvalue weighted by atomic mass is 10.1. The van der Waals surface area contributed by atoms with Gasteiger partial charge in [0, 0.05) is 0 Å². The number of para-hydroxylation sites is 1. The molecule has 24 heavy (non-hydrogen) atoms. The van der Waals surface area contributed by atoms with Gasteiger partial charge in [0.2, 0.25) is 5.91 Å². The molecule has 0 spiro atoms. The van der Waals surface area contributed by atoms with E-state index in [2.05, 4.69) is 5.32 Å². The van der Waals surface area contributed by atoms with Gasteiger partial charge in [0.25, 0.3) is 0 Å². The summed E-state index contributed by atoms with van der Waals surface area (Å²) < 4.78 is 15.1. The van der Waals surface area contributed by atoms with E-state index in [0.717, 1.165) is 5.56 Å². The summed E-state index contributed by atoms with van der Waals surface area (Å²) in [6.45, 7) is 0. The SMILES string of the molecule is COC(=O)c1ccccc1NC(=O)Cc1ccc(OC)c(OC)c1. The average molecular weight is 329 g/mol. The Hall–Kier alpha value is -3.02. The van der Waals surface area contributed by atoms with E-state index >= 15 is 0 Å². The highest BCUT2D eigenvalue weighted by Gasteiger charge is 2.14. The summed E-state index contributed by atoms with van der Waals surface area (Å²) in [7, 11) is 4.38. The fourth-order valence-electron chi connectivity index (χ4n) is 2.25. The Kier molecular flexibility index (Phi) is 5.78. The van der Waals surface area contributed by atoms with Gasteiger partial charge >= 0.3 is 5.97 Å². The number of esters is 1. The molecule has 126 valence electrons. The number of carbonyl (C=O) groups is 2. The topological polar surface area (TPSA) is 73.9 Å². The smallest absolute Gasteiger partial charge is 0.339 e. The Morgan fingerprint density at radius 2 is 1.67 bits per heavy atom. The average Bonchev–Trinajstić information content (AvgIpc) is 2.61. The van der Waals surface area contributed by atoms with Crippen molar-refractivity contribution in [3.63, 3.8) is 0 Å². The standard InChI is InChI=1S/C18H19NO5/c1-22-15-9-8-12(10-16(15)23-2)11-17(20)19-14-7-5-4-6-13(14)18(21)24-3/h4-10H,11H2,1-3H3,(H,19,20). The third kappa shape index (κ3) is 4.04. The van der Waals surface area contributed by atoms with Gasteiger partial charge in [-0.3, -0.25) is 4.79 Å².